The number of ketones is 1. The number of nitrogens with two attached hydrogens (primary N) is 1. The minimum atomic E-state index is -0.800. The number of benzene rings is 2. The highest BCUT2D eigenvalue weighted by Gasteiger charge is 2.34. The van der Waals surface area contributed by atoms with Gasteiger partial charge in [0.25, 0.3) is 5.78 Å². The molecule has 9 heteroatoms. The van der Waals surface area contributed by atoms with Gasteiger partial charge in [-0.1, -0.05) is 18.2 Å². The van der Waals surface area contributed by atoms with Gasteiger partial charge in [0, 0.05) is 23.1 Å². The molecule has 0 spiro atoms. The second-order valence-corrected chi connectivity index (χ2v) is 7.73. The minimum Gasteiger partial charge on any atom is -0.397 e. The van der Waals surface area contributed by atoms with Gasteiger partial charge in [-0.25, -0.2) is 14.2 Å². The minimum absolute atomic E-state index is 0.190. The third-order valence-corrected chi connectivity index (χ3v) is 5.93. The number of hydrogen-bond acceptors (Lipinski definition) is 6. The van der Waals surface area contributed by atoms with E-state index in [9.17, 15) is 14.0 Å². The highest BCUT2D eigenvalue weighted by Crippen LogP contribution is 2.35. The topological polar surface area (TPSA) is 106 Å². The van der Waals surface area contributed by atoms with Crippen molar-refractivity contribution < 1.29 is 18.4 Å². The Balaban J connectivity index is 1.61. The van der Waals surface area contributed by atoms with Gasteiger partial charge in [-0.05, 0) is 46.4 Å². The lowest BCUT2D eigenvalue weighted by Crippen LogP contribution is -2.41. The summed E-state index contributed by atoms with van der Waals surface area (Å²) in [6.45, 7) is 0. The molecule has 0 bridgehead atoms. The Kier molecular flexibility index (Phi) is 4.45. The fraction of sp³-hybridized carbons (Fsp3) is 0. The van der Waals surface area contributed by atoms with Crippen LogP contribution in [0.3, 0.4) is 0 Å². The number of thiophene rings is 1. The summed E-state index contributed by atoms with van der Waals surface area (Å²) < 4.78 is 19.4. The van der Waals surface area contributed by atoms with Crippen molar-refractivity contribution in [2.24, 2.45) is 0 Å². The summed E-state index contributed by atoms with van der Waals surface area (Å²) in [7, 11) is 0. The number of carbonyl (C=O) groups excluding carboxylic acids is 1. The van der Waals surface area contributed by atoms with Gasteiger partial charge in [0.2, 0.25) is 5.69 Å². The first kappa shape index (κ1) is 18.9. The average molecular weight is 433 g/mol. The molecule has 0 aliphatic rings. The molecular weight excluding hydrogens is 419 g/mol. The second kappa shape index (κ2) is 7.29. The van der Waals surface area contributed by atoms with Crippen LogP contribution in [-0.2, 0) is 0 Å². The molecular formula is C22H14FN4O3S+. The number of fused-ring (bicyclic) bond motifs is 1. The van der Waals surface area contributed by atoms with Gasteiger partial charge >= 0.3 is 11.3 Å². The lowest BCUT2D eigenvalue weighted by Gasteiger charge is -2.01. The molecule has 0 aliphatic carbocycles. The standard InChI is InChI=1S/C22H13FN4O3S/c23-13-8-6-12(7-9-13)16-11-10-15-17(24)20(31-21(15)25-16)19(28)18-22(29)30-26-27(18)14-4-2-1-3-5-14/h1-11H,(H2-,24,26,28,29)/p+1. The molecule has 0 saturated carbocycles. The van der Waals surface area contributed by atoms with Crippen LogP contribution in [0.15, 0.2) is 76.0 Å². The van der Waals surface area contributed by atoms with Crippen LogP contribution >= 0.6 is 11.3 Å². The van der Waals surface area contributed by atoms with Crippen molar-refractivity contribution in [2.75, 3.05) is 5.73 Å². The molecule has 0 radical (unpaired) electrons. The molecule has 0 atom stereocenters. The molecule has 0 fully saturated rings. The average Bonchev–Trinajstić information content (AvgIpc) is 3.34. The van der Waals surface area contributed by atoms with Gasteiger partial charge < -0.3 is 5.73 Å². The van der Waals surface area contributed by atoms with E-state index >= 15 is 0 Å². The second-order valence-electron chi connectivity index (χ2n) is 6.73. The van der Waals surface area contributed by atoms with Crippen molar-refractivity contribution in [1.29, 1.82) is 0 Å². The van der Waals surface area contributed by atoms with Crippen LogP contribution in [-0.4, -0.2) is 16.0 Å². The normalized spacial score (nSPS) is 11.1. The maximum Gasteiger partial charge on any atom is 0.439 e. The van der Waals surface area contributed by atoms with Crippen LogP contribution < -0.4 is 16.0 Å². The Morgan fingerprint density at radius 1 is 1.06 bits per heavy atom. The van der Waals surface area contributed by atoms with Crippen molar-refractivity contribution in [1.82, 2.24) is 10.3 Å². The number of anilines is 1. The molecule has 7 nitrogen and oxygen atoms in total. The summed E-state index contributed by atoms with van der Waals surface area (Å²) in [6, 6.07) is 18.3. The number of carbonyl (C=O) groups is 1. The van der Waals surface area contributed by atoms with Gasteiger partial charge in [0.05, 0.1) is 11.4 Å². The molecule has 3 heterocycles. The number of halogens is 1. The number of rotatable bonds is 4. The van der Waals surface area contributed by atoms with E-state index in [1.54, 1.807) is 48.5 Å². The van der Waals surface area contributed by atoms with Crippen molar-refractivity contribution in [2.45, 2.75) is 0 Å². The fourth-order valence-electron chi connectivity index (χ4n) is 3.28. The van der Waals surface area contributed by atoms with Crippen molar-refractivity contribution in [3.05, 3.63) is 93.5 Å². The van der Waals surface area contributed by atoms with E-state index in [-0.39, 0.29) is 22.1 Å². The zero-order valence-electron chi connectivity index (χ0n) is 15.8. The van der Waals surface area contributed by atoms with Crippen LogP contribution in [0.2, 0.25) is 0 Å². The third-order valence-electron chi connectivity index (χ3n) is 4.82. The highest BCUT2D eigenvalue weighted by molar-refractivity contribution is 7.21. The molecule has 0 saturated heterocycles. The fourth-order valence-corrected chi connectivity index (χ4v) is 4.31. The predicted octanol–water partition coefficient (Wildman–Crippen LogP) is 3.47. The van der Waals surface area contributed by atoms with Crippen LogP contribution in [0.1, 0.15) is 15.4 Å². The van der Waals surface area contributed by atoms with Crippen molar-refractivity contribution in [3.63, 3.8) is 0 Å². The van der Waals surface area contributed by atoms with E-state index < -0.39 is 11.4 Å². The monoisotopic (exact) mass is 433 g/mol. The van der Waals surface area contributed by atoms with E-state index in [0.29, 0.717) is 21.6 Å². The van der Waals surface area contributed by atoms with Crippen LogP contribution in [0.5, 0.6) is 0 Å². The zero-order chi connectivity index (χ0) is 21.5. The Hall–Kier alpha value is -4.11. The predicted molar refractivity (Wildman–Crippen MR) is 114 cm³/mol. The highest BCUT2D eigenvalue weighted by atomic mass is 32.1. The number of H-pyrrole nitrogens is 1. The number of pyridine rings is 1. The Morgan fingerprint density at radius 3 is 2.55 bits per heavy atom. The van der Waals surface area contributed by atoms with E-state index in [1.807, 2.05) is 6.07 Å². The third kappa shape index (κ3) is 3.21. The summed E-state index contributed by atoms with van der Waals surface area (Å²) in [4.78, 5) is 30.9. The van der Waals surface area contributed by atoms with Crippen LogP contribution in [0.25, 0.3) is 27.2 Å². The lowest BCUT2D eigenvalue weighted by atomic mass is 10.1. The number of aromatic nitrogens is 3. The number of nitrogens with one attached hydrogen (secondary N) is 1. The number of hydrogen-bond donors (Lipinski definition) is 2. The van der Waals surface area contributed by atoms with E-state index in [4.69, 9.17) is 10.3 Å². The van der Waals surface area contributed by atoms with E-state index in [1.165, 1.54) is 16.8 Å². The number of nitrogens with zero attached hydrogens (tertiary/aromatic N) is 2. The van der Waals surface area contributed by atoms with Gasteiger partial charge in [-0.15, -0.1) is 11.3 Å². The van der Waals surface area contributed by atoms with Crippen molar-refractivity contribution >= 4 is 33.0 Å². The molecule has 2 aromatic carbocycles. The summed E-state index contributed by atoms with van der Waals surface area (Å²) in [5, 5.41) is 3.06. The smallest absolute Gasteiger partial charge is 0.397 e. The molecule has 152 valence electrons. The molecule has 5 rings (SSSR count). The molecule has 0 amide bonds. The molecule has 31 heavy (non-hydrogen) atoms. The molecule has 3 aromatic heterocycles. The summed E-state index contributed by atoms with van der Waals surface area (Å²) >= 11 is 1.09. The summed E-state index contributed by atoms with van der Waals surface area (Å²) in [5.74, 6) is -0.905. The quantitative estimate of drug-likeness (QED) is 0.333. The first-order valence-electron chi connectivity index (χ1n) is 9.21. The van der Waals surface area contributed by atoms with Crippen molar-refractivity contribution in [3.8, 4) is 16.9 Å². The molecule has 0 unspecified atom stereocenters. The zero-order valence-corrected chi connectivity index (χ0v) is 16.7. The Morgan fingerprint density at radius 2 is 1.81 bits per heavy atom. The maximum absolute atomic E-state index is 13.3. The summed E-state index contributed by atoms with van der Waals surface area (Å²) in [5.41, 5.74) is 7.40. The van der Waals surface area contributed by atoms with E-state index in [2.05, 4.69) is 10.3 Å². The summed E-state index contributed by atoms with van der Waals surface area (Å²) in [6.07, 6.45) is 0. The van der Waals surface area contributed by atoms with E-state index in [0.717, 1.165) is 16.9 Å². The number of para-hydroxylation sites is 1. The first-order chi connectivity index (χ1) is 15.0. The van der Waals surface area contributed by atoms with Gasteiger partial charge in [-0.3, -0.25) is 9.32 Å². The largest absolute Gasteiger partial charge is 0.439 e. The Bertz CT molecular complexity index is 1490. The van der Waals surface area contributed by atoms with Crippen LogP contribution in [0, 0.1) is 5.82 Å². The molecule has 0 aliphatic heterocycles. The number of aromatic amines is 1. The number of nitrogen functional groups attached to an aromatic ring is 1. The lowest BCUT2D eigenvalue weighted by molar-refractivity contribution is -0.672. The van der Waals surface area contributed by atoms with Crippen LogP contribution in [0.4, 0.5) is 10.1 Å². The van der Waals surface area contributed by atoms with Gasteiger partial charge in [-0.2, -0.15) is 0 Å². The van der Waals surface area contributed by atoms with Gasteiger partial charge in [0.15, 0.2) is 0 Å². The Labute approximate surface area is 178 Å². The molecule has 3 N–H and O–H groups in total. The maximum atomic E-state index is 13.3. The molecule has 5 aromatic rings. The van der Waals surface area contributed by atoms with Gasteiger partial charge in [0.1, 0.15) is 15.5 Å². The SMILES string of the molecule is Nc1c(C(=O)c2c(=O)o[nH][n+]2-c2ccccc2)sc2nc(-c3ccc(F)cc3)ccc12. The first-order valence-corrected chi connectivity index (χ1v) is 10.0.